The van der Waals surface area contributed by atoms with Crippen molar-refractivity contribution in [3.63, 3.8) is 0 Å². The lowest BCUT2D eigenvalue weighted by molar-refractivity contribution is -0.200. The quantitative estimate of drug-likeness (QED) is 0.303. The Morgan fingerprint density at radius 2 is 1.60 bits per heavy atom. The largest absolute Gasteiger partial charge is 0.457 e. The lowest BCUT2D eigenvalue weighted by Crippen LogP contribution is -2.63. The van der Waals surface area contributed by atoms with Gasteiger partial charge in [0.2, 0.25) is 0 Å². The number of esters is 1. The molecule has 4 heteroatoms. The van der Waals surface area contributed by atoms with Crippen molar-refractivity contribution in [2.75, 3.05) is 6.54 Å². The minimum atomic E-state index is -0.496. The Morgan fingerprint density at radius 1 is 0.881 bits per heavy atom. The highest BCUT2D eigenvalue weighted by Crippen LogP contribution is 2.68. The summed E-state index contributed by atoms with van der Waals surface area (Å²) in [5.74, 6) is 2.40. The highest BCUT2D eigenvalue weighted by atomic mass is 16.6. The van der Waals surface area contributed by atoms with Crippen molar-refractivity contribution in [3.05, 3.63) is 83.4 Å². The standard InChI is InChI=1S/C38H49NO3/c1-36-20-18-29(40)23-28(36)14-15-30-31-16-17-34(37(31,2)21-19-32(30)36)38(3)25-39(24-27-12-8-5-9-13-27)33(35(41)42-38)22-26-10-6-4-7-11-26/h4-14,29-34,40H,15-25H2,1-3H3/t29?,30-,31-,32+,33+,34?,36-,37-,38-/m0/s1. The number of ether oxygens (including phenoxy) is 1. The molecule has 224 valence electrons. The predicted octanol–water partition coefficient (Wildman–Crippen LogP) is 7.36. The molecule has 4 nitrogen and oxygen atoms in total. The molecule has 5 aliphatic rings. The van der Waals surface area contributed by atoms with Crippen LogP contribution < -0.4 is 0 Å². The van der Waals surface area contributed by atoms with Crippen LogP contribution in [-0.4, -0.2) is 40.3 Å². The molecule has 0 aromatic heterocycles. The number of fused-ring (bicyclic) bond motifs is 5. The van der Waals surface area contributed by atoms with E-state index in [-0.39, 0.29) is 28.9 Å². The molecule has 1 saturated heterocycles. The normalized spacial score (nSPS) is 41.7. The van der Waals surface area contributed by atoms with E-state index in [1.54, 1.807) is 0 Å². The van der Waals surface area contributed by atoms with Gasteiger partial charge in [-0.3, -0.25) is 9.69 Å². The average molecular weight is 568 g/mol. The smallest absolute Gasteiger partial charge is 0.324 e. The van der Waals surface area contributed by atoms with Crippen LogP contribution in [0.4, 0.5) is 0 Å². The van der Waals surface area contributed by atoms with Crippen molar-refractivity contribution in [1.29, 1.82) is 0 Å². The summed E-state index contributed by atoms with van der Waals surface area (Å²) >= 11 is 0. The van der Waals surface area contributed by atoms with E-state index < -0.39 is 5.60 Å². The van der Waals surface area contributed by atoms with Crippen LogP contribution in [0.15, 0.2) is 72.3 Å². The minimum Gasteiger partial charge on any atom is -0.457 e. The van der Waals surface area contributed by atoms with Gasteiger partial charge in [-0.2, -0.15) is 0 Å². The molecule has 4 aliphatic carbocycles. The van der Waals surface area contributed by atoms with E-state index in [1.165, 1.54) is 36.0 Å². The Morgan fingerprint density at radius 3 is 2.33 bits per heavy atom. The van der Waals surface area contributed by atoms with Crippen LogP contribution >= 0.6 is 0 Å². The van der Waals surface area contributed by atoms with Crippen molar-refractivity contribution in [2.24, 2.45) is 34.5 Å². The number of hydrogen-bond donors (Lipinski definition) is 1. The summed E-state index contributed by atoms with van der Waals surface area (Å²) in [6.07, 6.45) is 12.0. The van der Waals surface area contributed by atoms with E-state index in [2.05, 4.69) is 86.3 Å². The molecule has 0 radical (unpaired) electrons. The molecule has 42 heavy (non-hydrogen) atoms. The number of nitrogens with zero attached hydrogens (tertiary/aromatic N) is 1. The molecule has 0 amide bonds. The number of carbonyl (C=O) groups is 1. The molecule has 0 spiro atoms. The average Bonchev–Trinajstić information content (AvgIpc) is 3.35. The van der Waals surface area contributed by atoms with Crippen LogP contribution in [0.3, 0.4) is 0 Å². The third kappa shape index (κ3) is 4.68. The second kappa shape index (κ2) is 10.6. The van der Waals surface area contributed by atoms with Gasteiger partial charge in [-0.15, -0.1) is 0 Å². The topological polar surface area (TPSA) is 49.8 Å². The first-order valence-corrected chi connectivity index (χ1v) is 16.6. The summed E-state index contributed by atoms with van der Waals surface area (Å²) in [7, 11) is 0. The monoisotopic (exact) mass is 567 g/mol. The Balaban J connectivity index is 1.16. The maximum Gasteiger partial charge on any atom is 0.324 e. The number of cyclic esters (lactones) is 1. The SMILES string of the molecule is C[C@]12CCC(O)CC1=CC[C@@H]1[C@H]2CC[C@]2(C)C([C@]3(C)CN(Cc4ccccc4)[C@H](Cc4ccccc4)C(=O)O3)CC[C@@H]12. The van der Waals surface area contributed by atoms with Gasteiger partial charge >= 0.3 is 5.97 Å². The number of morpholine rings is 1. The summed E-state index contributed by atoms with van der Waals surface area (Å²) in [5, 5.41) is 10.4. The fourth-order valence-corrected chi connectivity index (χ4v) is 10.9. The number of allylic oxidation sites excluding steroid dienone is 1. The minimum absolute atomic E-state index is 0.0530. The number of hydrogen-bond acceptors (Lipinski definition) is 4. The van der Waals surface area contributed by atoms with E-state index in [1.807, 2.05) is 6.07 Å². The first-order valence-electron chi connectivity index (χ1n) is 16.6. The summed E-state index contributed by atoms with van der Waals surface area (Å²) in [5.41, 5.74) is 3.90. The predicted molar refractivity (Wildman–Crippen MR) is 166 cm³/mol. The van der Waals surface area contributed by atoms with Gasteiger partial charge in [0.05, 0.1) is 6.10 Å². The van der Waals surface area contributed by atoms with E-state index in [9.17, 15) is 9.90 Å². The van der Waals surface area contributed by atoms with E-state index in [0.29, 0.717) is 30.1 Å². The summed E-state index contributed by atoms with van der Waals surface area (Å²) in [6, 6.07) is 20.8. The Labute approximate surface area is 252 Å². The summed E-state index contributed by atoms with van der Waals surface area (Å²) in [6.45, 7) is 8.86. The van der Waals surface area contributed by atoms with Gasteiger partial charge in [-0.25, -0.2) is 0 Å². The zero-order valence-corrected chi connectivity index (χ0v) is 25.8. The number of rotatable bonds is 5. The fourth-order valence-electron chi connectivity index (χ4n) is 10.9. The van der Waals surface area contributed by atoms with Crippen LogP contribution in [0.5, 0.6) is 0 Å². The van der Waals surface area contributed by atoms with Crippen molar-refractivity contribution >= 4 is 5.97 Å². The number of aliphatic hydroxyl groups excluding tert-OH is 1. The van der Waals surface area contributed by atoms with Gasteiger partial charge in [0, 0.05) is 19.0 Å². The number of benzene rings is 2. The summed E-state index contributed by atoms with van der Waals surface area (Å²) < 4.78 is 6.66. The van der Waals surface area contributed by atoms with Crippen LogP contribution in [-0.2, 0) is 22.5 Å². The van der Waals surface area contributed by atoms with Crippen LogP contribution in [0.2, 0.25) is 0 Å². The molecule has 2 unspecified atom stereocenters. The van der Waals surface area contributed by atoms with Crippen LogP contribution in [0.1, 0.15) is 83.3 Å². The Kier molecular flexibility index (Phi) is 7.17. The van der Waals surface area contributed by atoms with Gasteiger partial charge in [0.1, 0.15) is 11.6 Å². The van der Waals surface area contributed by atoms with Gasteiger partial charge < -0.3 is 9.84 Å². The van der Waals surface area contributed by atoms with Crippen molar-refractivity contribution < 1.29 is 14.6 Å². The second-order valence-corrected chi connectivity index (χ2v) is 15.2. The molecule has 4 fully saturated rings. The highest BCUT2D eigenvalue weighted by molar-refractivity contribution is 5.77. The first kappa shape index (κ1) is 28.3. The molecule has 2 aromatic carbocycles. The summed E-state index contributed by atoms with van der Waals surface area (Å²) in [4.78, 5) is 16.4. The van der Waals surface area contributed by atoms with Crippen molar-refractivity contribution in [3.8, 4) is 0 Å². The molecular weight excluding hydrogens is 518 g/mol. The number of aliphatic hydroxyl groups is 1. The van der Waals surface area contributed by atoms with Gasteiger partial charge in [-0.05, 0) is 104 Å². The lowest BCUT2D eigenvalue weighted by Gasteiger charge is -2.59. The second-order valence-electron chi connectivity index (χ2n) is 15.2. The van der Waals surface area contributed by atoms with Crippen molar-refractivity contribution in [2.45, 2.75) is 103 Å². The zero-order valence-electron chi connectivity index (χ0n) is 25.8. The highest BCUT2D eigenvalue weighted by Gasteiger charge is 2.63. The third-order valence-electron chi connectivity index (χ3n) is 12.9. The Hall–Kier alpha value is -2.43. The first-order chi connectivity index (χ1) is 20.2. The van der Waals surface area contributed by atoms with Crippen molar-refractivity contribution in [1.82, 2.24) is 4.90 Å². The fraction of sp³-hybridized carbons (Fsp3) is 0.605. The molecule has 3 saturated carbocycles. The zero-order chi connectivity index (χ0) is 29.1. The Bertz CT molecular complexity index is 1320. The third-order valence-corrected chi connectivity index (χ3v) is 12.9. The van der Waals surface area contributed by atoms with E-state index >= 15 is 0 Å². The lowest BCUT2D eigenvalue weighted by atomic mass is 9.46. The van der Waals surface area contributed by atoms with E-state index in [4.69, 9.17) is 4.74 Å². The van der Waals surface area contributed by atoms with Crippen LogP contribution in [0, 0.1) is 34.5 Å². The molecule has 1 N–H and O–H groups in total. The molecule has 7 rings (SSSR count). The molecule has 2 aromatic rings. The molecule has 1 heterocycles. The van der Waals surface area contributed by atoms with Gasteiger partial charge in [0.25, 0.3) is 0 Å². The maximum absolute atomic E-state index is 14.0. The molecule has 1 aliphatic heterocycles. The van der Waals surface area contributed by atoms with Crippen LogP contribution in [0.25, 0.3) is 0 Å². The number of carbonyl (C=O) groups excluding carboxylic acids is 1. The molecular formula is C38H49NO3. The van der Waals surface area contributed by atoms with E-state index in [0.717, 1.165) is 45.2 Å². The van der Waals surface area contributed by atoms with Gasteiger partial charge in [-0.1, -0.05) is 86.2 Å². The molecule has 0 bridgehead atoms. The molecule has 9 atom stereocenters. The maximum atomic E-state index is 14.0. The van der Waals surface area contributed by atoms with Gasteiger partial charge in [0.15, 0.2) is 0 Å².